The lowest BCUT2D eigenvalue weighted by Gasteiger charge is -2.09. The van der Waals surface area contributed by atoms with Gasteiger partial charge < -0.3 is 10.0 Å². The second-order valence-electron chi connectivity index (χ2n) is 4.42. The maximum Gasteiger partial charge on any atom is 0.216 e. The van der Waals surface area contributed by atoms with E-state index in [1.807, 2.05) is 43.5 Å². The van der Waals surface area contributed by atoms with E-state index >= 15 is 0 Å². The molecular formula is C15H16ClN2O+. The molecule has 0 unspecified atom stereocenters. The van der Waals surface area contributed by atoms with Gasteiger partial charge in [-0.25, -0.2) is 0 Å². The maximum atomic E-state index is 10.0. The van der Waals surface area contributed by atoms with E-state index in [9.17, 15) is 5.11 Å². The third-order valence-electron chi connectivity index (χ3n) is 2.76. The maximum absolute atomic E-state index is 10.0. The van der Waals surface area contributed by atoms with E-state index in [0.717, 1.165) is 11.3 Å². The van der Waals surface area contributed by atoms with Gasteiger partial charge in [0.1, 0.15) is 0 Å². The second-order valence-corrected chi connectivity index (χ2v) is 4.86. The van der Waals surface area contributed by atoms with Crippen LogP contribution in [0, 0.1) is 0 Å². The summed E-state index contributed by atoms with van der Waals surface area (Å²) >= 11 is 5.81. The van der Waals surface area contributed by atoms with E-state index in [-0.39, 0.29) is 5.76 Å². The molecular weight excluding hydrogens is 260 g/mol. The molecule has 98 valence electrons. The molecule has 1 heterocycles. The van der Waals surface area contributed by atoms with Crippen molar-refractivity contribution in [3.8, 4) is 0 Å². The van der Waals surface area contributed by atoms with E-state index in [1.165, 1.54) is 0 Å². The van der Waals surface area contributed by atoms with Crippen LogP contribution in [0.5, 0.6) is 0 Å². The molecule has 3 nitrogen and oxygen atoms in total. The largest absolute Gasteiger partial charge is 0.502 e. The van der Waals surface area contributed by atoms with Crippen LogP contribution in [0.1, 0.15) is 5.56 Å². The molecule has 0 fully saturated rings. The summed E-state index contributed by atoms with van der Waals surface area (Å²) in [4.78, 5) is 2.02. The molecule has 0 spiro atoms. The Balaban J connectivity index is 2.22. The minimum Gasteiger partial charge on any atom is -0.502 e. The molecule has 4 heteroatoms. The first-order valence-electron chi connectivity index (χ1n) is 5.91. The molecule has 19 heavy (non-hydrogen) atoms. The molecule has 0 bridgehead atoms. The predicted octanol–water partition coefficient (Wildman–Crippen LogP) is 3.21. The van der Waals surface area contributed by atoms with Crippen molar-refractivity contribution >= 4 is 29.2 Å². The summed E-state index contributed by atoms with van der Waals surface area (Å²) < 4.78 is 1.80. The van der Waals surface area contributed by atoms with E-state index in [4.69, 9.17) is 11.6 Å². The van der Waals surface area contributed by atoms with Crippen molar-refractivity contribution in [2.75, 3.05) is 19.0 Å². The van der Waals surface area contributed by atoms with Crippen LogP contribution < -0.4 is 9.47 Å². The Kier molecular flexibility index (Phi) is 4.07. The van der Waals surface area contributed by atoms with Gasteiger partial charge in [0.15, 0.2) is 18.2 Å². The van der Waals surface area contributed by atoms with Crippen molar-refractivity contribution in [2.24, 2.45) is 0 Å². The number of aliphatic hydroxyl groups excluding tert-OH is 1. The molecule has 2 rings (SSSR count). The average molecular weight is 276 g/mol. The average Bonchev–Trinajstić information content (AvgIpc) is 2.40. The van der Waals surface area contributed by atoms with Crippen LogP contribution in [0.3, 0.4) is 0 Å². The quantitative estimate of drug-likeness (QED) is 0.688. The smallest absolute Gasteiger partial charge is 0.216 e. The number of nitrogens with zero attached hydrogens (tertiary/aromatic N) is 2. The minimum atomic E-state index is 0.194. The van der Waals surface area contributed by atoms with Gasteiger partial charge in [-0.3, -0.25) is 0 Å². The van der Waals surface area contributed by atoms with Gasteiger partial charge >= 0.3 is 0 Å². The summed E-state index contributed by atoms with van der Waals surface area (Å²) in [5, 5.41) is 10.7. The van der Waals surface area contributed by atoms with Crippen LogP contribution in [0.15, 0.2) is 48.8 Å². The Morgan fingerprint density at radius 2 is 1.68 bits per heavy atom. The minimum absolute atomic E-state index is 0.194. The fourth-order valence-corrected chi connectivity index (χ4v) is 1.78. The molecule has 0 amide bonds. The van der Waals surface area contributed by atoms with Gasteiger partial charge in [-0.1, -0.05) is 11.6 Å². The monoisotopic (exact) mass is 275 g/mol. The third kappa shape index (κ3) is 3.48. The van der Waals surface area contributed by atoms with E-state index in [1.54, 1.807) is 35.0 Å². The van der Waals surface area contributed by atoms with Crippen molar-refractivity contribution in [1.29, 1.82) is 0 Å². The van der Waals surface area contributed by atoms with E-state index in [0.29, 0.717) is 5.02 Å². The first-order valence-corrected chi connectivity index (χ1v) is 6.29. The first-order chi connectivity index (χ1) is 9.06. The predicted molar refractivity (Wildman–Crippen MR) is 79.2 cm³/mol. The van der Waals surface area contributed by atoms with Crippen molar-refractivity contribution in [2.45, 2.75) is 0 Å². The second kappa shape index (κ2) is 5.76. The van der Waals surface area contributed by atoms with Gasteiger partial charge in [-0.15, -0.1) is 0 Å². The molecule has 0 aliphatic rings. The lowest BCUT2D eigenvalue weighted by molar-refractivity contribution is -0.568. The highest BCUT2D eigenvalue weighted by Gasteiger charge is 2.05. The Labute approximate surface area is 118 Å². The van der Waals surface area contributed by atoms with Gasteiger partial charge in [0.25, 0.3) is 0 Å². The SMILES string of the molecule is CN(C)c1cc[n+](/C=C(\O)c2ccc(Cl)cc2)cc1. The van der Waals surface area contributed by atoms with Gasteiger partial charge in [-0.2, -0.15) is 4.57 Å². The number of aromatic nitrogens is 1. The summed E-state index contributed by atoms with van der Waals surface area (Å²) in [5.74, 6) is 0.194. The van der Waals surface area contributed by atoms with Crippen molar-refractivity contribution in [1.82, 2.24) is 0 Å². The molecule has 0 radical (unpaired) electrons. The third-order valence-corrected chi connectivity index (χ3v) is 3.01. The van der Waals surface area contributed by atoms with Gasteiger partial charge in [0.2, 0.25) is 6.20 Å². The Bertz CT molecular complexity index is 574. The molecule has 0 saturated heterocycles. The zero-order valence-corrected chi connectivity index (χ0v) is 11.7. The number of rotatable bonds is 3. The molecule has 0 aliphatic carbocycles. The molecule has 0 aliphatic heterocycles. The highest BCUT2D eigenvalue weighted by atomic mass is 35.5. The molecule has 1 aromatic heterocycles. The summed E-state index contributed by atoms with van der Waals surface area (Å²) in [6, 6.07) is 11.0. The van der Waals surface area contributed by atoms with Crippen molar-refractivity contribution < 1.29 is 9.67 Å². The molecule has 0 atom stereocenters. The van der Waals surface area contributed by atoms with Crippen molar-refractivity contribution in [3.05, 3.63) is 59.4 Å². The number of pyridine rings is 1. The van der Waals surface area contributed by atoms with Crippen LogP contribution in [-0.2, 0) is 0 Å². The topological polar surface area (TPSA) is 27.4 Å². The van der Waals surface area contributed by atoms with Crippen LogP contribution >= 0.6 is 11.6 Å². The fraction of sp³-hybridized carbons (Fsp3) is 0.133. The highest BCUT2D eigenvalue weighted by Crippen LogP contribution is 2.15. The first kappa shape index (κ1) is 13.4. The summed E-state index contributed by atoms with van der Waals surface area (Å²) in [7, 11) is 3.97. The number of anilines is 1. The zero-order chi connectivity index (χ0) is 13.8. The summed E-state index contributed by atoms with van der Waals surface area (Å²) in [6.45, 7) is 0. The van der Waals surface area contributed by atoms with Crippen LogP contribution in [0.25, 0.3) is 12.0 Å². The standard InChI is InChI=1S/C15H15ClN2O/c1-17(2)14-7-9-18(10-8-14)11-15(19)12-3-5-13(16)6-4-12/h3-11H,1-2H3/p+1/b15-11-. The molecule has 0 saturated carbocycles. The van der Waals surface area contributed by atoms with E-state index < -0.39 is 0 Å². The number of hydrogen-bond donors (Lipinski definition) is 1. The van der Waals surface area contributed by atoms with Gasteiger partial charge in [0.05, 0.1) is 0 Å². The number of hydrogen-bond acceptors (Lipinski definition) is 2. The molecule has 1 N–H and O–H groups in total. The summed E-state index contributed by atoms with van der Waals surface area (Å²) in [5.41, 5.74) is 1.84. The Morgan fingerprint density at radius 1 is 1.11 bits per heavy atom. The number of benzene rings is 1. The van der Waals surface area contributed by atoms with Crippen LogP contribution in [0.4, 0.5) is 5.69 Å². The summed E-state index contributed by atoms with van der Waals surface area (Å²) in [6.07, 6.45) is 5.44. The normalized spacial score (nSPS) is 11.4. The van der Waals surface area contributed by atoms with Gasteiger partial charge in [0, 0.05) is 42.5 Å². The van der Waals surface area contributed by atoms with Crippen LogP contribution in [0.2, 0.25) is 5.02 Å². The van der Waals surface area contributed by atoms with E-state index in [2.05, 4.69) is 0 Å². The molecule has 2 aromatic rings. The number of aliphatic hydroxyl groups is 1. The zero-order valence-electron chi connectivity index (χ0n) is 10.9. The van der Waals surface area contributed by atoms with Crippen LogP contribution in [-0.4, -0.2) is 19.2 Å². The highest BCUT2D eigenvalue weighted by molar-refractivity contribution is 6.30. The number of halogens is 1. The van der Waals surface area contributed by atoms with Crippen molar-refractivity contribution in [3.63, 3.8) is 0 Å². The lowest BCUT2D eigenvalue weighted by atomic mass is 10.2. The molecule has 1 aromatic carbocycles. The lowest BCUT2D eigenvalue weighted by Crippen LogP contribution is -2.25. The van der Waals surface area contributed by atoms with Gasteiger partial charge in [-0.05, 0) is 24.3 Å². The Morgan fingerprint density at radius 3 is 2.21 bits per heavy atom. The Hall–Kier alpha value is -2.00. The fourth-order valence-electron chi connectivity index (χ4n) is 1.65.